The number of rotatable bonds is 6. The summed E-state index contributed by atoms with van der Waals surface area (Å²) < 4.78 is 0. The summed E-state index contributed by atoms with van der Waals surface area (Å²) in [6.07, 6.45) is 3.46. The standard InChI is InChI=1S/C25H25N3O2/c29-24-12-6-4-10-20(24)14-26-22-17-28(16-19-8-2-1-3-9-19)18-23(22)27-15-21-11-5-7-13-25(21)30/h1-15,22-23,29-30H,16-18H2/t22-,23-/m1/s1. The van der Waals surface area contributed by atoms with Crippen LogP contribution in [0, 0.1) is 0 Å². The Labute approximate surface area is 176 Å². The van der Waals surface area contributed by atoms with Crippen LogP contribution >= 0.6 is 0 Å². The summed E-state index contributed by atoms with van der Waals surface area (Å²) in [6, 6.07) is 24.7. The molecule has 4 rings (SSSR count). The molecule has 0 aromatic heterocycles. The average Bonchev–Trinajstić information content (AvgIpc) is 3.14. The number of phenols is 2. The summed E-state index contributed by atoms with van der Waals surface area (Å²) in [5.41, 5.74) is 2.65. The third-order valence-corrected chi connectivity index (χ3v) is 5.27. The molecule has 2 atom stereocenters. The summed E-state index contributed by atoms with van der Waals surface area (Å²) in [7, 11) is 0. The maximum absolute atomic E-state index is 10.0. The largest absolute Gasteiger partial charge is 0.507 e. The Morgan fingerprint density at radius 1 is 0.700 bits per heavy atom. The average molecular weight is 399 g/mol. The minimum absolute atomic E-state index is 0.0320. The van der Waals surface area contributed by atoms with Gasteiger partial charge in [0, 0.05) is 43.2 Å². The molecule has 1 aliphatic rings. The predicted octanol–water partition coefficient (Wildman–Crippen LogP) is 3.89. The van der Waals surface area contributed by atoms with E-state index < -0.39 is 0 Å². The fourth-order valence-corrected chi connectivity index (χ4v) is 3.66. The van der Waals surface area contributed by atoms with E-state index in [1.807, 2.05) is 42.5 Å². The Balaban J connectivity index is 1.53. The van der Waals surface area contributed by atoms with Gasteiger partial charge in [0.15, 0.2) is 0 Å². The molecule has 0 radical (unpaired) electrons. The van der Waals surface area contributed by atoms with E-state index >= 15 is 0 Å². The van der Waals surface area contributed by atoms with Gasteiger partial charge in [0.05, 0.1) is 12.1 Å². The molecule has 1 saturated heterocycles. The van der Waals surface area contributed by atoms with E-state index in [1.54, 1.807) is 36.7 Å². The Kier molecular flexibility index (Phi) is 6.20. The Bertz CT molecular complexity index is 970. The van der Waals surface area contributed by atoms with Gasteiger partial charge < -0.3 is 10.2 Å². The molecule has 3 aromatic rings. The van der Waals surface area contributed by atoms with Gasteiger partial charge in [-0.3, -0.25) is 14.9 Å². The molecular weight excluding hydrogens is 374 g/mol. The maximum Gasteiger partial charge on any atom is 0.124 e. The van der Waals surface area contributed by atoms with E-state index in [2.05, 4.69) is 17.0 Å². The van der Waals surface area contributed by atoms with Gasteiger partial charge in [-0.15, -0.1) is 0 Å². The third-order valence-electron chi connectivity index (χ3n) is 5.27. The highest BCUT2D eigenvalue weighted by Crippen LogP contribution is 2.21. The molecule has 152 valence electrons. The number of aromatic hydroxyl groups is 2. The molecule has 30 heavy (non-hydrogen) atoms. The quantitative estimate of drug-likeness (QED) is 0.618. The summed E-state index contributed by atoms with van der Waals surface area (Å²) in [5.74, 6) is 0.435. The first-order valence-electron chi connectivity index (χ1n) is 10.1. The second-order valence-electron chi connectivity index (χ2n) is 7.49. The van der Waals surface area contributed by atoms with Crippen molar-refractivity contribution in [2.75, 3.05) is 13.1 Å². The minimum atomic E-state index is -0.0320. The molecule has 0 amide bonds. The molecule has 5 nitrogen and oxygen atoms in total. The number of para-hydroxylation sites is 2. The molecule has 2 N–H and O–H groups in total. The molecule has 0 saturated carbocycles. The van der Waals surface area contributed by atoms with E-state index in [9.17, 15) is 10.2 Å². The SMILES string of the molecule is Oc1ccccc1C=N[C@@H]1CN(Cc2ccccc2)C[C@H]1N=Cc1ccccc1O. The van der Waals surface area contributed by atoms with Crippen molar-refractivity contribution in [3.63, 3.8) is 0 Å². The first kappa shape index (κ1) is 19.9. The maximum atomic E-state index is 10.0. The molecule has 0 aliphatic carbocycles. The molecule has 0 unspecified atom stereocenters. The van der Waals surface area contributed by atoms with Crippen molar-refractivity contribution in [2.24, 2.45) is 9.98 Å². The molecule has 5 heteroatoms. The molecule has 1 fully saturated rings. The normalized spacial score (nSPS) is 19.7. The number of hydrogen-bond donors (Lipinski definition) is 2. The van der Waals surface area contributed by atoms with Crippen molar-refractivity contribution in [3.05, 3.63) is 95.6 Å². The third kappa shape index (κ3) is 4.93. The van der Waals surface area contributed by atoms with E-state index in [-0.39, 0.29) is 23.6 Å². The lowest BCUT2D eigenvalue weighted by molar-refractivity contribution is 0.324. The van der Waals surface area contributed by atoms with Crippen LogP contribution in [0.1, 0.15) is 16.7 Å². The van der Waals surface area contributed by atoms with Crippen LogP contribution < -0.4 is 0 Å². The fraction of sp³-hybridized carbons (Fsp3) is 0.200. The Morgan fingerprint density at radius 3 is 1.67 bits per heavy atom. The zero-order chi connectivity index (χ0) is 20.8. The number of benzene rings is 3. The molecule has 3 aromatic carbocycles. The lowest BCUT2D eigenvalue weighted by atomic mass is 10.1. The van der Waals surface area contributed by atoms with Crippen molar-refractivity contribution in [2.45, 2.75) is 18.6 Å². The van der Waals surface area contributed by atoms with Crippen molar-refractivity contribution in [1.82, 2.24) is 4.90 Å². The van der Waals surface area contributed by atoms with Gasteiger partial charge in [-0.05, 0) is 29.8 Å². The summed E-state index contributed by atoms with van der Waals surface area (Å²) in [5, 5.41) is 20.0. The smallest absolute Gasteiger partial charge is 0.124 e. The first-order chi connectivity index (χ1) is 14.7. The second-order valence-corrected chi connectivity index (χ2v) is 7.49. The van der Waals surface area contributed by atoms with Crippen molar-refractivity contribution >= 4 is 12.4 Å². The van der Waals surface area contributed by atoms with Crippen molar-refractivity contribution < 1.29 is 10.2 Å². The van der Waals surface area contributed by atoms with Crippen molar-refractivity contribution in [1.29, 1.82) is 0 Å². The lowest BCUT2D eigenvalue weighted by Crippen LogP contribution is -2.21. The van der Waals surface area contributed by atoms with E-state index in [0.29, 0.717) is 11.1 Å². The van der Waals surface area contributed by atoms with Crippen LogP contribution in [0.5, 0.6) is 11.5 Å². The minimum Gasteiger partial charge on any atom is -0.507 e. The van der Waals surface area contributed by atoms with Crippen molar-refractivity contribution in [3.8, 4) is 11.5 Å². The lowest BCUT2D eigenvalue weighted by Gasteiger charge is -2.14. The van der Waals surface area contributed by atoms with Gasteiger partial charge >= 0.3 is 0 Å². The van der Waals surface area contributed by atoms with Gasteiger partial charge in [-0.1, -0.05) is 54.6 Å². The predicted molar refractivity (Wildman–Crippen MR) is 121 cm³/mol. The van der Waals surface area contributed by atoms with Gasteiger partial charge in [0.1, 0.15) is 11.5 Å². The van der Waals surface area contributed by atoms with E-state index in [1.165, 1.54) is 5.56 Å². The zero-order valence-corrected chi connectivity index (χ0v) is 16.7. The highest BCUT2D eigenvalue weighted by molar-refractivity contribution is 5.84. The van der Waals surface area contributed by atoms with E-state index in [4.69, 9.17) is 9.98 Å². The highest BCUT2D eigenvalue weighted by atomic mass is 16.3. The molecule has 0 bridgehead atoms. The number of hydrogen-bond acceptors (Lipinski definition) is 5. The fourth-order valence-electron chi connectivity index (χ4n) is 3.66. The van der Waals surface area contributed by atoms with Gasteiger partial charge in [-0.2, -0.15) is 0 Å². The van der Waals surface area contributed by atoms with Crippen LogP contribution in [0.2, 0.25) is 0 Å². The van der Waals surface area contributed by atoms with Crippen LogP contribution in [0.4, 0.5) is 0 Å². The van der Waals surface area contributed by atoms with E-state index in [0.717, 1.165) is 19.6 Å². The molecule has 0 spiro atoms. The topological polar surface area (TPSA) is 68.4 Å². The number of phenolic OH excluding ortho intramolecular Hbond substituents is 2. The summed E-state index contributed by atoms with van der Waals surface area (Å²) in [6.45, 7) is 2.40. The van der Waals surface area contributed by atoms with Crippen LogP contribution in [0.25, 0.3) is 0 Å². The summed E-state index contributed by atoms with van der Waals surface area (Å²) >= 11 is 0. The zero-order valence-electron chi connectivity index (χ0n) is 16.7. The Morgan fingerprint density at radius 2 is 1.17 bits per heavy atom. The molecular formula is C25H25N3O2. The molecule has 1 aliphatic heterocycles. The van der Waals surface area contributed by atoms with Gasteiger partial charge in [-0.25, -0.2) is 0 Å². The molecule has 1 heterocycles. The van der Waals surface area contributed by atoms with Gasteiger partial charge in [0.25, 0.3) is 0 Å². The number of nitrogens with zero attached hydrogens (tertiary/aromatic N) is 3. The number of aliphatic imine (C=N–C) groups is 2. The highest BCUT2D eigenvalue weighted by Gasteiger charge is 2.31. The van der Waals surface area contributed by atoms with Crippen LogP contribution in [-0.4, -0.2) is 52.7 Å². The summed E-state index contributed by atoms with van der Waals surface area (Å²) in [4.78, 5) is 11.9. The number of likely N-dealkylation sites (tertiary alicyclic amines) is 1. The second kappa shape index (κ2) is 9.37. The first-order valence-corrected chi connectivity index (χ1v) is 10.1. The van der Waals surface area contributed by atoms with Crippen LogP contribution in [-0.2, 0) is 6.54 Å². The van der Waals surface area contributed by atoms with Crippen LogP contribution in [0.3, 0.4) is 0 Å². The monoisotopic (exact) mass is 399 g/mol. The Hall–Kier alpha value is -3.44. The van der Waals surface area contributed by atoms with Gasteiger partial charge in [0.2, 0.25) is 0 Å². The van der Waals surface area contributed by atoms with Crippen LogP contribution in [0.15, 0.2) is 88.8 Å².